The van der Waals surface area contributed by atoms with E-state index in [1.807, 2.05) is 6.07 Å². The molecule has 0 bridgehead atoms. The van der Waals surface area contributed by atoms with Gasteiger partial charge < -0.3 is 0 Å². The van der Waals surface area contributed by atoms with Gasteiger partial charge in [-0.25, -0.2) is 4.98 Å². The zero-order valence-electron chi connectivity index (χ0n) is 12.2. The quantitative estimate of drug-likeness (QED) is 0.845. The normalized spacial score (nSPS) is 20.7. The average Bonchev–Trinajstić information content (AvgIpc) is 3.01. The molecule has 1 heterocycles. The number of hydrogen-bond acceptors (Lipinski definition) is 3. The highest BCUT2D eigenvalue weighted by molar-refractivity contribution is 5.24. The van der Waals surface area contributed by atoms with Crippen molar-refractivity contribution in [2.24, 2.45) is 0 Å². The third kappa shape index (κ3) is 3.79. The second kappa shape index (κ2) is 7.18. The van der Waals surface area contributed by atoms with Crippen LogP contribution in [0.3, 0.4) is 0 Å². The molecule has 0 amide bonds. The molecule has 4 heteroatoms. The van der Waals surface area contributed by atoms with E-state index >= 15 is 0 Å². The van der Waals surface area contributed by atoms with Crippen LogP contribution in [-0.4, -0.2) is 21.2 Å². The molecule has 0 saturated carbocycles. The minimum Gasteiger partial charge on any atom is -0.297 e. The number of rotatable bonds is 4. The van der Waals surface area contributed by atoms with Crippen molar-refractivity contribution in [1.82, 2.24) is 20.5 Å². The first-order chi connectivity index (χ1) is 10.4. The van der Waals surface area contributed by atoms with E-state index in [0.717, 1.165) is 5.82 Å². The summed E-state index contributed by atoms with van der Waals surface area (Å²) < 4.78 is 0. The number of benzene rings is 1. The zero-order valence-corrected chi connectivity index (χ0v) is 12.2. The lowest BCUT2D eigenvalue weighted by atomic mass is 9.99. The number of hydrogen-bond donors (Lipinski definition) is 2. The molecule has 2 unspecified atom stereocenters. The summed E-state index contributed by atoms with van der Waals surface area (Å²) in [4.78, 5) is 4.35. The van der Waals surface area contributed by atoms with Crippen LogP contribution in [0.5, 0.6) is 0 Å². The number of allylic oxidation sites excluding steroid dienone is 1. The van der Waals surface area contributed by atoms with Gasteiger partial charge in [0.1, 0.15) is 12.2 Å². The van der Waals surface area contributed by atoms with E-state index in [2.05, 4.69) is 56.9 Å². The van der Waals surface area contributed by atoms with Crippen LogP contribution in [0.25, 0.3) is 0 Å². The molecule has 0 fully saturated rings. The number of aromatic amines is 1. The van der Waals surface area contributed by atoms with E-state index in [1.165, 1.54) is 37.7 Å². The van der Waals surface area contributed by atoms with Crippen LogP contribution in [0, 0.1) is 0 Å². The van der Waals surface area contributed by atoms with Crippen LogP contribution < -0.4 is 5.32 Å². The summed E-state index contributed by atoms with van der Waals surface area (Å²) in [5, 5.41) is 10.7. The molecule has 2 N–H and O–H groups in total. The fraction of sp³-hybridized carbons (Fsp3) is 0.412. The molecule has 1 aliphatic rings. The van der Waals surface area contributed by atoms with Gasteiger partial charge in [0.2, 0.25) is 0 Å². The second-order valence-corrected chi connectivity index (χ2v) is 5.55. The van der Waals surface area contributed by atoms with Crippen molar-refractivity contribution in [2.75, 3.05) is 0 Å². The Hall–Kier alpha value is -1.94. The summed E-state index contributed by atoms with van der Waals surface area (Å²) >= 11 is 0. The predicted octanol–water partition coefficient (Wildman–Crippen LogP) is 3.37. The van der Waals surface area contributed by atoms with Crippen LogP contribution in [0.4, 0.5) is 0 Å². The highest BCUT2D eigenvalue weighted by Crippen LogP contribution is 2.21. The summed E-state index contributed by atoms with van der Waals surface area (Å²) in [5.41, 5.74) is 1.21. The van der Waals surface area contributed by atoms with Crippen molar-refractivity contribution in [2.45, 2.75) is 44.2 Å². The van der Waals surface area contributed by atoms with E-state index in [-0.39, 0.29) is 6.04 Å². The van der Waals surface area contributed by atoms with Gasteiger partial charge in [-0.15, -0.1) is 0 Å². The standard InChI is InChI=1S/C17H22N4/c1-2-7-11-15(12-8-3-1)20-16(17-18-13-19-21-17)14-9-5-4-6-10-14/h4-7,9-11,13,15-16,20H,1-3,8,12H2,(H,18,19,21). The summed E-state index contributed by atoms with van der Waals surface area (Å²) in [6.07, 6.45) is 12.5. The fourth-order valence-electron chi connectivity index (χ4n) is 2.85. The number of H-pyrrole nitrogens is 1. The van der Waals surface area contributed by atoms with Crippen molar-refractivity contribution in [3.05, 3.63) is 60.2 Å². The van der Waals surface area contributed by atoms with E-state index in [1.54, 1.807) is 6.33 Å². The Kier molecular flexibility index (Phi) is 4.79. The Labute approximate surface area is 125 Å². The third-order valence-electron chi connectivity index (χ3n) is 3.98. The van der Waals surface area contributed by atoms with Gasteiger partial charge in [-0.2, -0.15) is 5.10 Å². The van der Waals surface area contributed by atoms with Crippen LogP contribution in [0.1, 0.15) is 49.5 Å². The zero-order chi connectivity index (χ0) is 14.3. The molecule has 4 nitrogen and oxygen atoms in total. The molecule has 0 spiro atoms. The van der Waals surface area contributed by atoms with Crippen LogP contribution >= 0.6 is 0 Å². The molecule has 21 heavy (non-hydrogen) atoms. The first-order valence-corrected chi connectivity index (χ1v) is 7.76. The summed E-state index contributed by atoms with van der Waals surface area (Å²) in [6, 6.07) is 10.9. The number of nitrogens with one attached hydrogen (secondary N) is 2. The minimum atomic E-state index is 0.0581. The fourth-order valence-corrected chi connectivity index (χ4v) is 2.85. The Morgan fingerprint density at radius 2 is 2.05 bits per heavy atom. The molecule has 110 valence electrons. The Morgan fingerprint density at radius 3 is 2.86 bits per heavy atom. The van der Waals surface area contributed by atoms with Gasteiger partial charge >= 0.3 is 0 Å². The van der Waals surface area contributed by atoms with Crippen molar-refractivity contribution in [3.8, 4) is 0 Å². The van der Waals surface area contributed by atoms with E-state index < -0.39 is 0 Å². The molecule has 0 saturated heterocycles. The SMILES string of the molecule is C1=CC(NC(c2ccccc2)c2ncn[nH]2)CCCCC1. The molecule has 2 aromatic rings. The summed E-state index contributed by atoms with van der Waals surface area (Å²) in [7, 11) is 0. The average molecular weight is 282 g/mol. The van der Waals surface area contributed by atoms with E-state index in [9.17, 15) is 0 Å². The molecule has 1 aromatic carbocycles. The Balaban J connectivity index is 1.81. The van der Waals surface area contributed by atoms with Gasteiger partial charge in [-0.1, -0.05) is 55.3 Å². The third-order valence-corrected chi connectivity index (χ3v) is 3.98. The van der Waals surface area contributed by atoms with Gasteiger partial charge in [0, 0.05) is 6.04 Å². The summed E-state index contributed by atoms with van der Waals surface area (Å²) in [5.74, 6) is 0.872. The van der Waals surface area contributed by atoms with Gasteiger partial charge in [0.25, 0.3) is 0 Å². The molecule has 1 aliphatic carbocycles. The molecule has 2 atom stereocenters. The van der Waals surface area contributed by atoms with Crippen LogP contribution in [0.15, 0.2) is 48.8 Å². The number of aromatic nitrogens is 3. The monoisotopic (exact) mass is 282 g/mol. The smallest absolute Gasteiger partial charge is 0.145 e. The van der Waals surface area contributed by atoms with E-state index in [4.69, 9.17) is 0 Å². The molecule has 0 radical (unpaired) electrons. The minimum absolute atomic E-state index is 0.0581. The molecular weight excluding hydrogens is 260 g/mol. The lowest BCUT2D eigenvalue weighted by Gasteiger charge is -2.23. The maximum absolute atomic E-state index is 4.35. The first kappa shape index (κ1) is 14.0. The lowest BCUT2D eigenvalue weighted by molar-refractivity contribution is 0.466. The number of nitrogens with zero attached hydrogens (tertiary/aromatic N) is 2. The summed E-state index contributed by atoms with van der Waals surface area (Å²) in [6.45, 7) is 0. The lowest BCUT2D eigenvalue weighted by Crippen LogP contribution is -2.33. The van der Waals surface area contributed by atoms with Crippen molar-refractivity contribution >= 4 is 0 Å². The van der Waals surface area contributed by atoms with Gasteiger partial charge in [0.15, 0.2) is 0 Å². The topological polar surface area (TPSA) is 53.6 Å². The molecule has 3 rings (SSSR count). The Morgan fingerprint density at radius 1 is 1.14 bits per heavy atom. The van der Waals surface area contributed by atoms with Crippen LogP contribution in [-0.2, 0) is 0 Å². The highest BCUT2D eigenvalue weighted by atomic mass is 15.2. The second-order valence-electron chi connectivity index (χ2n) is 5.55. The Bertz CT molecular complexity index is 547. The maximum atomic E-state index is 4.35. The maximum Gasteiger partial charge on any atom is 0.145 e. The van der Waals surface area contributed by atoms with E-state index in [0.29, 0.717) is 6.04 Å². The van der Waals surface area contributed by atoms with Crippen molar-refractivity contribution in [3.63, 3.8) is 0 Å². The highest BCUT2D eigenvalue weighted by Gasteiger charge is 2.20. The van der Waals surface area contributed by atoms with Crippen molar-refractivity contribution in [1.29, 1.82) is 0 Å². The van der Waals surface area contributed by atoms with Crippen LogP contribution in [0.2, 0.25) is 0 Å². The van der Waals surface area contributed by atoms with Gasteiger partial charge in [-0.3, -0.25) is 10.4 Å². The largest absolute Gasteiger partial charge is 0.297 e. The molecule has 1 aromatic heterocycles. The van der Waals surface area contributed by atoms with Crippen molar-refractivity contribution < 1.29 is 0 Å². The molecular formula is C17H22N4. The van der Waals surface area contributed by atoms with Gasteiger partial charge in [-0.05, 0) is 24.8 Å². The molecule has 0 aliphatic heterocycles. The first-order valence-electron chi connectivity index (χ1n) is 7.76. The van der Waals surface area contributed by atoms with Gasteiger partial charge in [0.05, 0.1) is 6.04 Å². The predicted molar refractivity (Wildman–Crippen MR) is 83.8 cm³/mol.